The average Bonchev–Trinajstić information content (AvgIpc) is 2.70. The number of nitrogens with zero attached hydrogens (tertiary/aromatic N) is 1. The molecule has 0 aromatic carbocycles. The zero-order valence-electron chi connectivity index (χ0n) is 19.7. The van der Waals surface area contributed by atoms with Gasteiger partial charge in [0.05, 0.1) is 12.6 Å². The van der Waals surface area contributed by atoms with Gasteiger partial charge in [-0.15, -0.1) is 0 Å². The molecule has 4 unspecified atom stereocenters. The van der Waals surface area contributed by atoms with Gasteiger partial charge in [-0.25, -0.2) is 4.79 Å². The Morgan fingerprint density at radius 3 is 1.91 bits per heavy atom. The van der Waals surface area contributed by atoms with Crippen LogP contribution in [0, 0.1) is 11.8 Å². The Bertz CT molecular complexity index is 694. The van der Waals surface area contributed by atoms with Gasteiger partial charge in [0.2, 0.25) is 17.7 Å². The normalized spacial score (nSPS) is 14.7. The number of carbonyl (C=O) groups excluding carboxylic acids is 3. The lowest BCUT2D eigenvalue weighted by Gasteiger charge is -2.25. The molecule has 0 aliphatic heterocycles. The van der Waals surface area contributed by atoms with Crippen molar-refractivity contribution in [1.82, 2.24) is 16.0 Å². The van der Waals surface area contributed by atoms with Gasteiger partial charge >= 0.3 is 5.97 Å². The second-order valence-electron chi connectivity index (χ2n) is 8.56. The number of carbonyl (C=O) groups is 4. The first kappa shape index (κ1) is 30.1. The molecule has 0 heterocycles. The first-order chi connectivity index (χ1) is 15.3. The van der Waals surface area contributed by atoms with Gasteiger partial charge in [0.1, 0.15) is 18.1 Å². The topological polar surface area (TPSA) is 235 Å². The number of nitrogens with one attached hydrogen (secondary N) is 3. The third-order valence-electron chi connectivity index (χ3n) is 4.69. The number of aliphatic hydroxyl groups excluding tert-OH is 1. The second kappa shape index (κ2) is 15.0. The molecule has 0 saturated carbocycles. The summed E-state index contributed by atoms with van der Waals surface area (Å²) < 4.78 is 0. The number of carboxylic acid groups (broad SMARTS) is 1. The molecule has 0 bridgehead atoms. The van der Waals surface area contributed by atoms with E-state index < -0.39 is 60.4 Å². The van der Waals surface area contributed by atoms with Gasteiger partial charge in [-0.05, 0) is 31.1 Å². The van der Waals surface area contributed by atoms with Crippen molar-refractivity contribution in [1.29, 1.82) is 0 Å². The van der Waals surface area contributed by atoms with Crippen LogP contribution in [0.3, 0.4) is 0 Å². The van der Waals surface area contributed by atoms with E-state index in [0.717, 1.165) is 0 Å². The Morgan fingerprint density at radius 2 is 1.45 bits per heavy atom. The largest absolute Gasteiger partial charge is 0.480 e. The molecule has 3 amide bonds. The van der Waals surface area contributed by atoms with Crippen LogP contribution < -0.4 is 33.2 Å². The van der Waals surface area contributed by atoms with Gasteiger partial charge < -0.3 is 43.4 Å². The SMILES string of the molecule is CC(C)CC(N)C(=O)NC(CO)C(=O)NC(CCCN=C(N)N)C(=O)NC(C(=O)O)C(C)C. The summed E-state index contributed by atoms with van der Waals surface area (Å²) in [7, 11) is 0. The number of amides is 3. The Kier molecular flexibility index (Phi) is 13.7. The Morgan fingerprint density at radius 1 is 0.909 bits per heavy atom. The van der Waals surface area contributed by atoms with Crippen molar-refractivity contribution in [2.45, 2.75) is 71.1 Å². The molecular weight excluding hydrogens is 434 g/mol. The summed E-state index contributed by atoms with van der Waals surface area (Å²) in [6.45, 7) is 6.48. The van der Waals surface area contributed by atoms with Gasteiger partial charge in [-0.3, -0.25) is 19.4 Å². The number of hydrogen-bond donors (Lipinski definition) is 8. The van der Waals surface area contributed by atoms with Crippen molar-refractivity contribution in [3.8, 4) is 0 Å². The van der Waals surface area contributed by atoms with E-state index in [2.05, 4.69) is 20.9 Å². The van der Waals surface area contributed by atoms with E-state index >= 15 is 0 Å². The van der Waals surface area contributed by atoms with E-state index in [0.29, 0.717) is 12.8 Å². The molecule has 0 aliphatic rings. The molecule has 0 saturated heterocycles. The van der Waals surface area contributed by atoms with E-state index in [1.54, 1.807) is 13.8 Å². The molecular formula is C20H39N7O6. The second-order valence-corrected chi connectivity index (χ2v) is 8.56. The Balaban J connectivity index is 5.37. The van der Waals surface area contributed by atoms with Gasteiger partial charge in [0, 0.05) is 6.54 Å². The molecule has 13 heteroatoms. The highest BCUT2D eigenvalue weighted by Crippen LogP contribution is 2.06. The lowest BCUT2D eigenvalue weighted by Crippen LogP contribution is -2.58. The van der Waals surface area contributed by atoms with Crippen LogP contribution in [0.15, 0.2) is 4.99 Å². The molecule has 33 heavy (non-hydrogen) atoms. The number of rotatable bonds is 15. The third kappa shape index (κ3) is 12.0. The standard InChI is InChI=1S/C20H39N7O6/c1-10(2)8-12(21)16(29)26-14(9-28)18(31)25-13(6-5-7-24-20(22)23)17(30)27-15(11(3)4)19(32)33/h10-15,28H,5-9,21H2,1-4H3,(H,25,31)(H,26,29)(H,27,30)(H,32,33)(H4,22,23,24). The third-order valence-corrected chi connectivity index (χ3v) is 4.69. The molecule has 0 fully saturated rings. The number of aliphatic hydroxyl groups is 1. The van der Waals surface area contributed by atoms with Gasteiger partial charge in [-0.2, -0.15) is 0 Å². The highest BCUT2D eigenvalue weighted by Gasteiger charge is 2.31. The fourth-order valence-corrected chi connectivity index (χ4v) is 2.90. The number of hydrogen-bond acceptors (Lipinski definition) is 7. The minimum atomic E-state index is -1.34. The van der Waals surface area contributed by atoms with Gasteiger partial charge in [0.15, 0.2) is 5.96 Å². The molecule has 0 aliphatic carbocycles. The average molecular weight is 474 g/mol. The number of aliphatic imine (C=N–C) groups is 1. The highest BCUT2D eigenvalue weighted by molar-refractivity contribution is 5.94. The van der Waals surface area contributed by atoms with E-state index in [1.165, 1.54) is 0 Å². The van der Waals surface area contributed by atoms with Crippen molar-refractivity contribution in [3.63, 3.8) is 0 Å². The van der Waals surface area contributed by atoms with Crippen molar-refractivity contribution >= 4 is 29.7 Å². The van der Waals surface area contributed by atoms with E-state index in [-0.39, 0.29) is 24.8 Å². The highest BCUT2D eigenvalue weighted by atomic mass is 16.4. The molecule has 0 aromatic heterocycles. The molecule has 11 N–H and O–H groups in total. The summed E-state index contributed by atoms with van der Waals surface area (Å²) in [4.78, 5) is 52.9. The minimum absolute atomic E-state index is 0.0811. The van der Waals surface area contributed by atoms with E-state index in [9.17, 15) is 29.4 Å². The summed E-state index contributed by atoms with van der Waals surface area (Å²) in [5, 5.41) is 26.1. The first-order valence-corrected chi connectivity index (χ1v) is 10.9. The predicted molar refractivity (Wildman–Crippen MR) is 123 cm³/mol. The maximum atomic E-state index is 12.7. The summed E-state index contributed by atoms with van der Waals surface area (Å²) in [6.07, 6.45) is 0.760. The number of carboxylic acids is 1. The smallest absolute Gasteiger partial charge is 0.326 e. The predicted octanol–water partition coefficient (Wildman–Crippen LogP) is -2.40. The summed E-state index contributed by atoms with van der Waals surface area (Å²) in [5.41, 5.74) is 16.4. The first-order valence-electron chi connectivity index (χ1n) is 10.9. The maximum Gasteiger partial charge on any atom is 0.326 e. The van der Waals surface area contributed by atoms with Crippen LogP contribution in [0.5, 0.6) is 0 Å². The molecule has 0 rings (SSSR count). The van der Waals surface area contributed by atoms with Crippen molar-refractivity contribution in [3.05, 3.63) is 0 Å². The zero-order chi connectivity index (χ0) is 25.7. The summed E-state index contributed by atoms with van der Waals surface area (Å²) in [5.74, 6) is -3.77. The fraction of sp³-hybridized carbons (Fsp3) is 0.750. The van der Waals surface area contributed by atoms with Crippen LogP contribution in [0.25, 0.3) is 0 Å². The summed E-state index contributed by atoms with van der Waals surface area (Å²) >= 11 is 0. The molecule has 4 atom stereocenters. The Labute approximate surface area is 193 Å². The molecule has 190 valence electrons. The van der Waals surface area contributed by atoms with Crippen LogP contribution in [0.2, 0.25) is 0 Å². The number of nitrogens with two attached hydrogens (primary N) is 3. The van der Waals surface area contributed by atoms with Crippen LogP contribution in [-0.4, -0.2) is 77.2 Å². The fourth-order valence-electron chi connectivity index (χ4n) is 2.90. The van der Waals surface area contributed by atoms with Crippen molar-refractivity contribution in [2.75, 3.05) is 13.2 Å². The van der Waals surface area contributed by atoms with E-state index in [1.807, 2.05) is 13.8 Å². The number of guanidine groups is 1. The lowest BCUT2D eigenvalue weighted by molar-refractivity contribution is -0.143. The van der Waals surface area contributed by atoms with Crippen LogP contribution >= 0.6 is 0 Å². The molecule has 0 radical (unpaired) electrons. The lowest BCUT2D eigenvalue weighted by atomic mass is 10.0. The maximum absolute atomic E-state index is 12.7. The monoisotopic (exact) mass is 473 g/mol. The molecule has 13 nitrogen and oxygen atoms in total. The molecule has 0 aromatic rings. The zero-order valence-corrected chi connectivity index (χ0v) is 19.7. The van der Waals surface area contributed by atoms with Crippen LogP contribution in [0.1, 0.15) is 47.0 Å². The van der Waals surface area contributed by atoms with Crippen LogP contribution in [-0.2, 0) is 19.2 Å². The van der Waals surface area contributed by atoms with Gasteiger partial charge in [-0.1, -0.05) is 27.7 Å². The molecule has 0 spiro atoms. The minimum Gasteiger partial charge on any atom is -0.480 e. The Hall–Kier alpha value is -2.93. The quantitative estimate of drug-likeness (QED) is 0.0717. The van der Waals surface area contributed by atoms with Crippen LogP contribution in [0.4, 0.5) is 0 Å². The van der Waals surface area contributed by atoms with E-state index in [4.69, 9.17) is 17.2 Å². The summed E-state index contributed by atoms with van der Waals surface area (Å²) in [6, 6.07) is -4.53. The van der Waals surface area contributed by atoms with Gasteiger partial charge in [0.25, 0.3) is 0 Å². The van der Waals surface area contributed by atoms with Crippen molar-refractivity contribution in [2.24, 2.45) is 34.0 Å². The van der Waals surface area contributed by atoms with Crippen molar-refractivity contribution < 1.29 is 29.4 Å². The number of aliphatic carboxylic acids is 1.